The van der Waals surface area contributed by atoms with Crippen LogP contribution in [-0.4, -0.2) is 28.7 Å². The summed E-state index contributed by atoms with van der Waals surface area (Å²) in [6, 6.07) is 0.447. The van der Waals surface area contributed by atoms with E-state index in [9.17, 15) is 4.79 Å². The molecule has 1 aromatic heterocycles. The zero-order valence-electron chi connectivity index (χ0n) is 10.8. The fourth-order valence-electron chi connectivity index (χ4n) is 2.67. The molecule has 0 N–H and O–H groups in total. The Balaban J connectivity index is 2.13. The summed E-state index contributed by atoms with van der Waals surface area (Å²) in [4.78, 5) is 14.7. The van der Waals surface area contributed by atoms with Crippen molar-refractivity contribution >= 4 is 33.2 Å². The molecule has 1 aromatic rings. The number of carbonyl (C=O) groups excluding carboxylic acids is 1. The van der Waals surface area contributed by atoms with Gasteiger partial charge in [-0.15, -0.1) is 0 Å². The number of aryl methyl sites for hydroxylation is 1. The van der Waals surface area contributed by atoms with Gasteiger partial charge in [0.25, 0.3) is 5.91 Å². The van der Waals surface area contributed by atoms with Gasteiger partial charge in [-0.2, -0.15) is 11.3 Å². The van der Waals surface area contributed by atoms with Crippen LogP contribution in [0.15, 0.2) is 10.8 Å². The van der Waals surface area contributed by atoms with Gasteiger partial charge in [-0.05, 0) is 30.7 Å². The van der Waals surface area contributed by atoms with E-state index in [0.717, 1.165) is 23.0 Å². The van der Waals surface area contributed by atoms with E-state index in [1.165, 1.54) is 32.1 Å². The molecule has 0 radical (unpaired) electrons. The third-order valence-corrected chi connectivity index (χ3v) is 4.90. The minimum Gasteiger partial charge on any atom is -0.335 e. The first-order valence-corrected chi connectivity index (χ1v) is 8.70. The molecule has 18 heavy (non-hydrogen) atoms. The summed E-state index contributed by atoms with van der Waals surface area (Å²) in [6.07, 6.45) is 6.19. The van der Waals surface area contributed by atoms with Crippen molar-refractivity contribution < 1.29 is 4.79 Å². The lowest BCUT2D eigenvalue weighted by Gasteiger charge is -2.34. The Hall–Kier alpha value is -0.350. The van der Waals surface area contributed by atoms with Crippen LogP contribution in [0.2, 0.25) is 0 Å². The van der Waals surface area contributed by atoms with Crippen LogP contribution in [0, 0.1) is 6.92 Å². The van der Waals surface area contributed by atoms with Crippen molar-refractivity contribution in [1.82, 2.24) is 4.90 Å². The summed E-state index contributed by atoms with van der Waals surface area (Å²) in [6.45, 7) is 2.84. The number of amides is 1. The Morgan fingerprint density at radius 2 is 2.11 bits per heavy atom. The second kappa shape index (κ2) is 6.71. The second-order valence-electron chi connectivity index (χ2n) is 4.95. The Morgan fingerprint density at radius 1 is 1.39 bits per heavy atom. The number of thiophene rings is 1. The minimum absolute atomic E-state index is 0.222. The molecule has 0 aromatic carbocycles. The molecule has 1 aliphatic rings. The molecule has 2 nitrogen and oxygen atoms in total. The quantitative estimate of drug-likeness (QED) is 0.757. The average Bonchev–Trinajstić information content (AvgIpc) is 2.82. The maximum Gasteiger partial charge on any atom is 0.255 e. The number of alkyl halides is 1. The highest BCUT2D eigenvalue weighted by atomic mass is 79.9. The monoisotopic (exact) mass is 329 g/mol. The number of hydrogen-bond acceptors (Lipinski definition) is 2. The predicted molar refractivity (Wildman–Crippen MR) is 80.8 cm³/mol. The standard InChI is InChI=1S/C14H20BrNOS/c1-11-9-18-10-13(11)14(17)16(8-7-15)12-5-3-2-4-6-12/h9-10,12H,2-8H2,1H3. The highest BCUT2D eigenvalue weighted by Crippen LogP contribution is 2.25. The summed E-state index contributed by atoms with van der Waals surface area (Å²) in [5.41, 5.74) is 2.01. The molecule has 0 bridgehead atoms. The van der Waals surface area contributed by atoms with Crippen LogP contribution >= 0.6 is 27.3 Å². The van der Waals surface area contributed by atoms with Gasteiger partial charge >= 0.3 is 0 Å². The molecule has 1 saturated carbocycles. The smallest absolute Gasteiger partial charge is 0.255 e. The van der Waals surface area contributed by atoms with Crippen LogP contribution in [-0.2, 0) is 0 Å². The van der Waals surface area contributed by atoms with Crippen molar-refractivity contribution in [1.29, 1.82) is 0 Å². The van der Waals surface area contributed by atoms with Crippen LogP contribution in [0.25, 0.3) is 0 Å². The Bertz CT molecular complexity index is 398. The molecule has 2 rings (SSSR count). The number of nitrogens with zero attached hydrogens (tertiary/aromatic N) is 1. The van der Waals surface area contributed by atoms with Crippen molar-refractivity contribution in [3.63, 3.8) is 0 Å². The van der Waals surface area contributed by atoms with Gasteiger partial charge in [0.2, 0.25) is 0 Å². The van der Waals surface area contributed by atoms with Crippen LogP contribution in [0.1, 0.15) is 48.0 Å². The van der Waals surface area contributed by atoms with Gasteiger partial charge in [-0.3, -0.25) is 4.79 Å². The normalized spacial score (nSPS) is 16.8. The maximum absolute atomic E-state index is 12.6. The van der Waals surface area contributed by atoms with Crippen molar-refractivity contribution in [2.45, 2.75) is 45.1 Å². The lowest BCUT2D eigenvalue weighted by atomic mass is 9.93. The van der Waals surface area contributed by atoms with Gasteiger partial charge in [-0.25, -0.2) is 0 Å². The van der Waals surface area contributed by atoms with E-state index in [1.807, 2.05) is 12.3 Å². The maximum atomic E-state index is 12.6. The molecular formula is C14H20BrNOS. The van der Waals surface area contributed by atoms with Crippen LogP contribution in [0.3, 0.4) is 0 Å². The first-order chi connectivity index (χ1) is 8.74. The highest BCUT2D eigenvalue weighted by molar-refractivity contribution is 9.09. The van der Waals surface area contributed by atoms with Crippen molar-refractivity contribution in [2.24, 2.45) is 0 Å². The first kappa shape index (κ1) is 14.1. The van der Waals surface area contributed by atoms with Gasteiger partial charge in [-0.1, -0.05) is 35.2 Å². The predicted octanol–water partition coefficient (Wildman–Crippen LogP) is 4.23. The Labute approximate surface area is 122 Å². The average molecular weight is 330 g/mol. The lowest BCUT2D eigenvalue weighted by Crippen LogP contribution is -2.42. The largest absolute Gasteiger partial charge is 0.335 e. The van der Waals surface area contributed by atoms with Gasteiger partial charge in [0, 0.05) is 23.3 Å². The highest BCUT2D eigenvalue weighted by Gasteiger charge is 2.26. The number of rotatable bonds is 4. The summed E-state index contributed by atoms with van der Waals surface area (Å²) in [7, 11) is 0. The summed E-state index contributed by atoms with van der Waals surface area (Å²) >= 11 is 5.09. The zero-order valence-corrected chi connectivity index (χ0v) is 13.2. The van der Waals surface area contributed by atoms with E-state index < -0.39 is 0 Å². The van der Waals surface area contributed by atoms with E-state index in [1.54, 1.807) is 11.3 Å². The van der Waals surface area contributed by atoms with Crippen LogP contribution < -0.4 is 0 Å². The topological polar surface area (TPSA) is 20.3 Å². The molecule has 0 unspecified atom stereocenters. The molecule has 0 saturated heterocycles. The SMILES string of the molecule is Cc1cscc1C(=O)N(CCBr)C1CCCCC1. The Morgan fingerprint density at radius 3 is 2.67 bits per heavy atom. The molecule has 1 aliphatic carbocycles. The molecular weight excluding hydrogens is 310 g/mol. The molecule has 4 heteroatoms. The van der Waals surface area contributed by atoms with Crippen molar-refractivity contribution in [2.75, 3.05) is 11.9 Å². The van der Waals surface area contributed by atoms with Gasteiger partial charge in [0.1, 0.15) is 0 Å². The van der Waals surface area contributed by atoms with Crippen molar-refractivity contribution in [3.8, 4) is 0 Å². The van der Waals surface area contributed by atoms with Gasteiger partial charge < -0.3 is 4.90 Å². The molecule has 1 amide bonds. The summed E-state index contributed by atoms with van der Waals surface area (Å²) < 4.78 is 0. The van der Waals surface area contributed by atoms with E-state index >= 15 is 0 Å². The van der Waals surface area contributed by atoms with Gasteiger partial charge in [0.15, 0.2) is 0 Å². The van der Waals surface area contributed by atoms with Gasteiger partial charge in [0.05, 0.1) is 5.56 Å². The fourth-order valence-corrected chi connectivity index (χ4v) is 3.87. The minimum atomic E-state index is 0.222. The summed E-state index contributed by atoms with van der Waals surface area (Å²) in [5.74, 6) is 0.222. The molecule has 1 heterocycles. The lowest BCUT2D eigenvalue weighted by molar-refractivity contribution is 0.0651. The van der Waals surface area contributed by atoms with E-state index in [4.69, 9.17) is 0 Å². The third-order valence-electron chi connectivity index (χ3n) is 3.69. The number of halogens is 1. The number of carbonyl (C=O) groups is 1. The summed E-state index contributed by atoms with van der Waals surface area (Å²) in [5, 5.41) is 4.90. The van der Waals surface area contributed by atoms with E-state index in [0.29, 0.717) is 6.04 Å². The molecule has 0 spiro atoms. The van der Waals surface area contributed by atoms with Crippen LogP contribution in [0.5, 0.6) is 0 Å². The molecule has 0 aliphatic heterocycles. The van der Waals surface area contributed by atoms with E-state index in [-0.39, 0.29) is 5.91 Å². The molecule has 1 fully saturated rings. The molecule has 0 atom stereocenters. The third kappa shape index (κ3) is 3.15. The van der Waals surface area contributed by atoms with Crippen molar-refractivity contribution in [3.05, 3.63) is 21.9 Å². The first-order valence-electron chi connectivity index (χ1n) is 6.63. The second-order valence-corrected chi connectivity index (χ2v) is 6.48. The van der Waals surface area contributed by atoms with Crippen LogP contribution in [0.4, 0.5) is 0 Å². The zero-order chi connectivity index (χ0) is 13.0. The fraction of sp³-hybridized carbons (Fsp3) is 0.643. The van der Waals surface area contributed by atoms with E-state index in [2.05, 4.69) is 26.2 Å². The Kier molecular flexibility index (Phi) is 5.25. The molecule has 100 valence electrons. The number of hydrogen-bond donors (Lipinski definition) is 0.